The highest BCUT2D eigenvalue weighted by Gasteiger charge is 2.09. The lowest BCUT2D eigenvalue weighted by Gasteiger charge is -2.08. The molecule has 36 heavy (non-hydrogen) atoms. The molecule has 4 heteroatoms. The number of aryl methyl sites for hydroxylation is 1. The van der Waals surface area contributed by atoms with Crippen molar-refractivity contribution >= 4 is 5.97 Å². The fraction of sp³-hybridized carbons (Fsp3) is 0.438. The fourth-order valence-corrected chi connectivity index (χ4v) is 4.07. The molecule has 0 saturated heterocycles. The van der Waals surface area contributed by atoms with Gasteiger partial charge < -0.3 is 9.47 Å². The Bertz CT molecular complexity index is 1010. The van der Waals surface area contributed by atoms with Gasteiger partial charge in [0.15, 0.2) is 0 Å². The van der Waals surface area contributed by atoms with Crippen LogP contribution in [0.1, 0.15) is 93.1 Å². The molecule has 0 N–H and O–H groups in total. The summed E-state index contributed by atoms with van der Waals surface area (Å²) in [5, 5.41) is 0. The van der Waals surface area contributed by atoms with Crippen molar-refractivity contribution < 1.29 is 14.3 Å². The Balaban J connectivity index is 1.44. The number of esters is 1. The number of unbranched alkanes of at least 4 members (excludes halogenated alkanes) is 7. The number of pyridine rings is 1. The van der Waals surface area contributed by atoms with Crippen molar-refractivity contribution in [2.45, 2.75) is 84.7 Å². The molecule has 0 aliphatic rings. The van der Waals surface area contributed by atoms with E-state index in [2.05, 4.69) is 18.8 Å². The highest BCUT2D eigenvalue weighted by Crippen LogP contribution is 2.22. The Morgan fingerprint density at radius 2 is 1.39 bits per heavy atom. The Hall–Kier alpha value is -2.98. The first kappa shape index (κ1) is 27.6. The minimum Gasteiger partial charge on any atom is -0.423 e. The summed E-state index contributed by atoms with van der Waals surface area (Å²) >= 11 is 0. The maximum atomic E-state index is 12.6. The molecule has 0 aliphatic heterocycles. The van der Waals surface area contributed by atoms with Crippen LogP contribution in [0.4, 0.5) is 0 Å². The zero-order valence-corrected chi connectivity index (χ0v) is 22.0. The second-order valence-corrected chi connectivity index (χ2v) is 9.44. The summed E-state index contributed by atoms with van der Waals surface area (Å²) in [5.74, 6) is 0.188. The van der Waals surface area contributed by atoms with Crippen LogP contribution in [0.15, 0.2) is 66.9 Å². The van der Waals surface area contributed by atoms with Gasteiger partial charge in [0.25, 0.3) is 0 Å². The second-order valence-electron chi connectivity index (χ2n) is 9.44. The van der Waals surface area contributed by atoms with Gasteiger partial charge in [0.2, 0.25) is 0 Å². The first-order chi connectivity index (χ1) is 17.7. The van der Waals surface area contributed by atoms with Gasteiger partial charge in [-0.05, 0) is 72.9 Å². The summed E-state index contributed by atoms with van der Waals surface area (Å²) in [4.78, 5) is 17.1. The molecule has 0 fully saturated rings. The van der Waals surface area contributed by atoms with Gasteiger partial charge >= 0.3 is 5.97 Å². The van der Waals surface area contributed by atoms with Crippen molar-refractivity contribution in [1.82, 2.24) is 4.98 Å². The van der Waals surface area contributed by atoms with Gasteiger partial charge in [0, 0.05) is 18.4 Å². The average molecular weight is 488 g/mol. The van der Waals surface area contributed by atoms with E-state index >= 15 is 0 Å². The van der Waals surface area contributed by atoms with Crippen molar-refractivity contribution in [1.29, 1.82) is 0 Å². The SMILES string of the molecule is CCCCCCCCCc1ccc(C(=O)Oc2ccc(-c3ccc(COCCCC)cn3)cc2)cc1. The van der Waals surface area contributed by atoms with Crippen LogP contribution in [0.5, 0.6) is 5.75 Å². The van der Waals surface area contributed by atoms with E-state index < -0.39 is 0 Å². The molecule has 1 heterocycles. The van der Waals surface area contributed by atoms with Gasteiger partial charge in [-0.2, -0.15) is 0 Å². The Morgan fingerprint density at radius 1 is 0.722 bits per heavy atom. The molecule has 0 spiro atoms. The predicted octanol–water partition coefficient (Wildman–Crippen LogP) is 8.58. The van der Waals surface area contributed by atoms with Crippen LogP contribution in [-0.4, -0.2) is 17.6 Å². The quantitative estimate of drug-likeness (QED) is 0.115. The Labute approximate surface area is 217 Å². The molecule has 3 rings (SSSR count). The third kappa shape index (κ3) is 9.58. The van der Waals surface area contributed by atoms with E-state index in [0.717, 1.165) is 42.7 Å². The maximum absolute atomic E-state index is 12.6. The molecular formula is C32H41NO3. The summed E-state index contributed by atoms with van der Waals surface area (Å²) in [5.41, 5.74) is 4.76. The molecule has 192 valence electrons. The summed E-state index contributed by atoms with van der Waals surface area (Å²) in [6.45, 7) is 5.77. The lowest BCUT2D eigenvalue weighted by molar-refractivity contribution is 0.0734. The van der Waals surface area contributed by atoms with Gasteiger partial charge in [-0.1, -0.05) is 77.0 Å². The number of benzene rings is 2. The molecule has 3 aromatic rings. The molecule has 0 atom stereocenters. The maximum Gasteiger partial charge on any atom is 0.343 e. The summed E-state index contributed by atoms with van der Waals surface area (Å²) in [6, 6.07) is 19.3. The molecular weight excluding hydrogens is 446 g/mol. The molecule has 0 saturated carbocycles. The fourth-order valence-electron chi connectivity index (χ4n) is 4.07. The number of carbonyl (C=O) groups is 1. The summed E-state index contributed by atoms with van der Waals surface area (Å²) < 4.78 is 11.2. The molecule has 0 radical (unpaired) electrons. The zero-order chi connectivity index (χ0) is 25.4. The van der Waals surface area contributed by atoms with Crippen molar-refractivity contribution in [2.75, 3.05) is 6.61 Å². The lowest BCUT2D eigenvalue weighted by Crippen LogP contribution is -2.08. The van der Waals surface area contributed by atoms with Crippen molar-refractivity contribution in [3.63, 3.8) is 0 Å². The third-order valence-electron chi connectivity index (χ3n) is 6.35. The minimum absolute atomic E-state index is 0.337. The van der Waals surface area contributed by atoms with E-state index in [0.29, 0.717) is 17.9 Å². The average Bonchev–Trinajstić information content (AvgIpc) is 2.92. The number of hydrogen-bond acceptors (Lipinski definition) is 4. The monoisotopic (exact) mass is 487 g/mol. The smallest absolute Gasteiger partial charge is 0.343 e. The van der Waals surface area contributed by atoms with Crippen LogP contribution in [0, 0.1) is 0 Å². The molecule has 2 aromatic carbocycles. The van der Waals surface area contributed by atoms with E-state index in [1.54, 1.807) is 0 Å². The van der Waals surface area contributed by atoms with E-state index in [-0.39, 0.29) is 5.97 Å². The van der Waals surface area contributed by atoms with E-state index in [1.807, 2.05) is 66.9 Å². The molecule has 0 amide bonds. The summed E-state index contributed by atoms with van der Waals surface area (Å²) in [6.07, 6.45) is 14.3. The number of aromatic nitrogens is 1. The van der Waals surface area contributed by atoms with Crippen LogP contribution in [0.3, 0.4) is 0 Å². The normalized spacial score (nSPS) is 10.9. The Morgan fingerprint density at radius 3 is 2.06 bits per heavy atom. The topological polar surface area (TPSA) is 48.4 Å². The standard InChI is InChI=1S/C32H41NO3/c1-3-5-7-8-9-10-11-12-26-13-16-29(17-14-26)32(34)36-30-20-18-28(19-21-30)31-22-15-27(24-33-31)25-35-23-6-4-2/h13-22,24H,3-12,23,25H2,1-2H3. The molecule has 0 aliphatic carbocycles. The lowest BCUT2D eigenvalue weighted by atomic mass is 10.0. The Kier molecular flexibility index (Phi) is 12.2. The molecule has 1 aromatic heterocycles. The predicted molar refractivity (Wildman–Crippen MR) is 147 cm³/mol. The molecule has 0 bridgehead atoms. The van der Waals surface area contributed by atoms with Crippen LogP contribution >= 0.6 is 0 Å². The number of nitrogens with zero attached hydrogens (tertiary/aromatic N) is 1. The first-order valence-corrected chi connectivity index (χ1v) is 13.6. The van der Waals surface area contributed by atoms with Gasteiger partial charge in [-0.25, -0.2) is 4.79 Å². The van der Waals surface area contributed by atoms with E-state index in [9.17, 15) is 4.79 Å². The van der Waals surface area contributed by atoms with E-state index in [4.69, 9.17) is 9.47 Å². The van der Waals surface area contributed by atoms with Crippen LogP contribution in [-0.2, 0) is 17.8 Å². The highest BCUT2D eigenvalue weighted by molar-refractivity contribution is 5.91. The molecule has 0 unspecified atom stereocenters. The van der Waals surface area contributed by atoms with Gasteiger partial charge in [-0.3, -0.25) is 4.98 Å². The molecule has 4 nitrogen and oxygen atoms in total. The number of hydrogen-bond donors (Lipinski definition) is 0. The van der Waals surface area contributed by atoms with Crippen LogP contribution in [0.25, 0.3) is 11.3 Å². The van der Waals surface area contributed by atoms with Crippen LogP contribution in [0.2, 0.25) is 0 Å². The van der Waals surface area contributed by atoms with Crippen molar-refractivity contribution in [3.05, 3.63) is 83.6 Å². The first-order valence-electron chi connectivity index (χ1n) is 13.6. The van der Waals surface area contributed by atoms with Gasteiger partial charge in [0.05, 0.1) is 17.9 Å². The van der Waals surface area contributed by atoms with Crippen molar-refractivity contribution in [2.24, 2.45) is 0 Å². The second kappa shape index (κ2) is 15.9. The van der Waals surface area contributed by atoms with Gasteiger partial charge in [0.1, 0.15) is 5.75 Å². The van der Waals surface area contributed by atoms with Gasteiger partial charge in [-0.15, -0.1) is 0 Å². The zero-order valence-electron chi connectivity index (χ0n) is 22.0. The minimum atomic E-state index is -0.337. The largest absolute Gasteiger partial charge is 0.423 e. The third-order valence-corrected chi connectivity index (χ3v) is 6.35. The number of carbonyl (C=O) groups excluding carboxylic acids is 1. The van der Waals surface area contributed by atoms with Crippen LogP contribution < -0.4 is 4.74 Å². The van der Waals surface area contributed by atoms with Crippen molar-refractivity contribution in [3.8, 4) is 17.0 Å². The number of rotatable bonds is 16. The van der Waals surface area contributed by atoms with E-state index in [1.165, 1.54) is 50.5 Å². The summed E-state index contributed by atoms with van der Waals surface area (Å²) in [7, 11) is 0. The highest BCUT2D eigenvalue weighted by atomic mass is 16.5. The number of ether oxygens (including phenoxy) is 2.